The fourth-order valence-electron chi connectivity index (χ4n) is 2.11. The van der Waals surface area contributed by atoms with Crippen molar-refractivity contribution in [2.75, 3.05) is 19.6 Å². The van der Waals surface area contributed by atoms with Gasteiger partial charge in [-0.3, -0.25) is 0 Å². The number of nitrogens with zero attached hydrogens (tertiary/aromatic N) is 2. The van der Waals surface area contributed by atoms with Crippen LogP contribution < -0.4 is 0 Å². The summed E-state index contributed by atoms with van der Waals surface area (Å²) >= 11 is 0. The molecule has 1 saturated carbocycles. The van der Waals surface area contributed by atoms with E-state index in [0.717, 1.165) is 19.6 Å². The molecule has 0 N–H and O–H groups in total. The molecule has 1 radical (unpaired) electrons. The Bertz CT molecular complexity index is 199. The molecule has 2 aliphatic rings. The molecular formula is C10H17N2Re-. The Labute approximate surface area is 94.4 Å². The van der Waals surface area contributed by atoms with Crippen molar-refractivity contribution in [1.29, 1.82) is 0 Å². The maximum Gasteiger partial charge on any atom is 0.0145 e. The van der Waals surface area contributed by atoms with Gasteiger partial charge in [0.05, 0.1) is 0 Å². The first-order chi connectivity index (χ1) is 5.76. The molecule has 13 heavy (non-hydrogen) atoms. The third-order valence-corrected chi connectivity index (χ3v) is 3.20. The van der Waals surface area contributed by atoms with Gasteiger partial charge in [0.2, 0.25) is 0 Å². The van der Waals surface area contributed by atoms with Crippen molar-refractivity contribution in [3.05, 3.63) is 17.6 Å². The molecule has 2 rings (SSSR count). The fraction of sp³-hybridized carbons (Fsp3) is 0.800. The van der Waals surface area contributed by atoms with Crippen molar-refractivity contribution in [2.45, 2.75) is 31.7 Å². The molecule has 1 spiro atoms. The van der Waals surface area contributed by atoms with Crippen LogP contribution >= 0.6 is 0 Å². The van der Waals surface area contributed by atoms with Crippen molar-refractivity contribution < 1.29 is 20.4 Å². The second-order valence-corrected chi connectivity index (χ2v) is 3.97. The Balaban J connectivity index is 0.000000845. The quantitative estimate of drug-likeness (QED) is 0.707. The van der Waals surface area contributed by atoms with Crippen molar-refractivity contribution in [1.82, 2.24) is 4.90 Å². The van der Waals surface area contributed by atoms with Crippen LogP contribution in [0.25, 0.3) is 5.32 Å². The summed E-state index contributed by atoms with van der Waals surface area (Å²) in [5, 5.41) is 4.70. The molecule has 0 aromatic carbocycles. The van der Waals surface area contributed by atoms with Crippen LogP contribution in [-0.2, 0) is 20.4 Å². The van der Waals surface area contributed by atoms with E-state index in [9.17, 15) is 0 Å². The summed E-state index contributed by atoms with van der Waals surface area (Å²) in [5.74, 6) is 0. The van der Waals surface area contributed by atoms with Gasteiger partial charge in [-0.25, -0.2) is 0 Å². The molecule has 0 unspecified atom stereocenters. The predicted octanol–water partition coefficient (Wildman–Crippen LogP) is 2.13. The minimum absolute atomic E-state index is 0. The Kier molecular flexibility index (Phi) is 3.57. The van der Waals surface area contributed by atoms with Crippen LogP contribution in [-0.4, -0.2) is 30.1 Å². The summed E-state index contributed by atoms with van der Waals surface area (Å²) in [6.45, 7) is 9.31. The van der Waals surface area contributed by atoms with Gasteiger partial charge in [-0.15, -0.1) is 12.1 Å². The van der Waals surface area contributed by atoms with Gasteiger partial charge in [-0.05, 0) is 12.6 Å². The molecule has 0 amide bonds. The van der Waals surface area contributed by atoms with Crippen LogP contribution in [0, 0.1) is 0 Å². The second kappa shape index (κ2) is 4.13. The number of rotatable bonds is 1. The zero-order valence-corrected chi connectivity index (χ0v) is 10.9. The number of likely N-dealkylation sites (N-methyl/N-ethyl adjacent to an activating group) is 1. The predicted molar refractivity (Wildman–Crippen MR) is 51.2 cm³/mol. The van der Waals surface area contributed by atoms with Crippen LogP contribution in [0.5, 0.6) is 0 Å². The summed E-state index contributed by atoms with van der Waals surface area (Å²) in [6.07, 6.45) is 3.97. The molecule has 0 bridgehead atoms. The van der Waals surface area contributed by atoms with Gasteiger partial charge in [0.25, 0.3) is 0 Å². The Morgan fingerprint density at radius 1 is 1.54 bits per heavy atom. The topological polar surface area (TPSA) is 17.3 Å². The summed E-state index contributed by atoms with van der Waals surface area (Å²) in [7, 11) is 0. The molecule has 1 heterocycles. The SMILES string of the molecule is C=C1C[N-]C2(CCC2)CN1CC.[Re]. The van der Waals surface area contributed by atoms with E-state index in [1.54, 1.807) is 0 Å². The molecule has 1 aliphatic carbocycles. The molecule has 2 nitrogen and oxygen atoms in total. The number of piperazine rings is 1. The van der Waals surface area contributed by atoms with Crippen molar-refractivity contribution in [3.63, 3.8) is 0 Å². The maximum atomic E-state index is 4.70. The van der Waals surface area contributed by atoms with E-state index in [1.807, 2.05) is 0 Å². The van der Waals surface area contributed by atoms with Crippen LogP contribution in [0.15, 0.2) is 12.3 Å². The Morgan fingerprint density at radius 2 is 2.23 bits per heavy atom. The van der Waals surface area contributed by atoms with Gasteiger partial charge in [0.15, 0.2) is 0 Å². The van der Waals surface area contributed by atoms with Crippen LogP contribution in [0.4, 0.5) is 0 Å². The van der Waals surface area contributed by atoms with Gasteiger partial charge < -0.3 is 10.2 Å². The smallest absolute Gasteiger partial charge is 0.0145 e. The molecule has 1 saturated heterocycles. The standard InChI is InChI=1S/C10H17N2.Re/c1-3-12-8-10(5-4-6-10)11-7-9(12)2;/h2-8H2,1H3;/q-1;. The number of hydrogen-bond donors (Lipinski definition) is 0. The van der Waals surface area contributed by atoms with Crippen LogP contribution in [0.1, 0.15) is 26.2 Å². The van der Waals surface area contributed by atoms with Crippen molar-refractivity contribution in [2.24, 2.45) is 0 Å². The van der Waals surface area contributed by atoms with E-state index >= 15 is 0 Å². The van der Waals surface area contributed by atoms with Gasteiger partial charge in [0.1, 0.15) is 0 Å². The van der Waals surface area contributed by atoms with Crippen LogP contribution in [0.3, 0.4) is 0 Å². The Hall–Kier alpha value is 0.162. The first-order valence-corrected chi connectivity index (χ1v) is 4.87. The van der Waals surface area contributed by atoms with Gasteiger partial charge in [-0.2, -0.15) is 0 Å². The van der Waals surface area contributed by atoms with E-state index in [1.165, 1.54) is 25.0 Å². The third kappa shape index (κ3) is 1.98. The first-order valence-electron chi connectivity index (χ1n) is 4.87. The average molecular weight is 351 g/mol. The minimum atomic E-state index is 0. The van der Waals surface area contributed by atoms with E-state index in [0.29, 0.717) is 5.54 Å². The minimum Gasteiger partial charge on any atom is -0.650 e. The normalized spacial score (nSPS) is 25.3. The van der Waals surface area contributed by atoms with Gasteiger partial charge >= 0.3 is 0 Å². The second-order valence-electron chi connectivity index (χ2n) is 3.97. The van der Waals surface area contributed by atoms with Gasteiger partial charge in [0, 0.05) is 33.5 Å². The van der Waals surface area contributed by atoms with Crippen molar-refractivity contribution in [3.8, 4) is 0 Å². The molecule has 0 aromatic rings. The molecule has 75 valence electrons. The zero-order valence-electron chi connectivity index (χ0n) is 8.22. The fourth-order valence-corrected chi connectivity index (χ4v) is 2.11. The van der Waals surface area contributed by atoms with E-state index in [-0.39, 0.29) is 20.4 Å². The molecule has 0 aromatic heterocycles. The monoisotopic (exact) mass is 352 g/mol. The molecule has 0 atom stereocenters. The maximum absolute atomic E-state index is 4.70. The molecular weight excluding hydrogens is 334 g/mol. The summed E-state index contributed by atoms with van der Waals surface area (Å²) in [4.78, 5) is 2.38. The average Bonchev–Trinajstić information content (AvgIpc) is 2.03. The van der Waals surface area contributed by atoms with Crippen LogP contribution in [0.2, 0.25) is 0 Å². The zero-order chi connectivity index (χ0) is 8.60. The van der Waals surface area contributed by atoms with E-state index in [4.69, 9.17) is 5.32 Å². The summed E-state index contributed by atoms with van der Waals surface area (Å²) in [5.41, 5.74) is 1.55. The third-order valence-electron chi connectivity index (χ3n) is 3.20. The van der Waals surface area contributed by atoms with Crippen molar-refractivity contribution >= 4 is 0 Å². The largest absolute Gasteiger partial charge is 0.650 e. The number of hydrogen-bond acceptors (Lipinski definition) is 1. The van der Waals surface area contributed by atoms with E-state index in [2.05, 4.69) is 18.4 Å². The Morgan fingerprint density at radius 3 is 2.69 bits per heavy atom. The summed E-state index contributed by atoms with van der Waals surface area (Å²) < 4.78 is 0. The van der Waals surface area contributed by atoms with Gasteiger partial charge in [-0.1, -0.05) is 25.8 Å². The molecule has 3 heteroatoms. The first kappa shape index (κ1) is 11.2. The molecule has 2 fully saturated rings. The molecule has 1 aliphatic heterocycles. The van der Waals surface area contributed by atoms with E-state index < -0.39 is 0 Å². The summed E-state index contributed by atoms with van der Waals surface area (Å²) in [6, 6.07) is 0.